The quantitative estimate of drug-likeness (QED) is 0.748. The Morgan fingerprint density at radius 3 is 2.50 bits per heavy atom. The van der Waals surface area contributed by atoms with Gasteiger partial charge in [0.1, 0.15) is 6.04 Å². The maximum atomic E-state index is 12.2. The van der Waals surface area contributed by atoms with Crippen LogP contribution in [0.2, 0.25) is 0 Å². The summed E-state index contributed by atoms with van der Waals surface area (Å²) in [5.74, 6) is -1.54. The van der Waals surface area contributed by atoms with Crippen LogP contribution in [0.1, 0.15) is 0 Å². The lowest BCUT2D eigenvalue weighted by Crippen LogP contribution is -2.32. The minimum Gasteiger partial charge on any atom is -0.480 e. The molecule has 0 aromatic rings. The summed E-state index contributed by atoms with van der Waals surface area (Å²) < 4.78 is 24.0. The average Bonchev–Trinajstić information content (AvgIpc) is 1.98. The van der Waals surface area contributed by atoms with Crippen molar-refractivity contribution in [3.05, 3.63) is 10.4 Å². The van der Waals surface area contributed by atoms with Gasteiger partial charge in [-0.05, 0) is 11.6 Å². The lowest BCUT2D eigenvalue weighted by molar-refractivity contribution is -0.137. The zero-order valence-corrected chi connectivity index (χ0v) is 7.33. The smallest absolute Gasteiger partial charge is 0.321 e. The monoisotopic (exact) mass is 217 g/mol. The molecule has 0 saturated heterocycles. The molecule has 3 nitrogen and oxygen atoms in total. The van der Waals surface area contributed by atoms with Gasteiger partial charge in [-0.3, -0.25) is 4.79 Å². The number of carboxylic acids is 1. The minimum absolute atomic E-state index is 0.263. The van der Waals surface area contributed by atoms with Crippen LogP contribution in [0.15, 0.2) is 10.4 Å². The van der Waals surface area contributed by atoms with Gasteiger partial charge in [-0.2, -0.15) is 8.78 Å². The van der Waals surface area contributed by atoms with Gasteiger partial charge < -0.3 is 10.8 Å². The molecule has 0 radical (unpaired) electrons. The second kappa shape index (κ2) is 5.34. The van der Waals surface area contributed by atoms with E-state index < -0.39 is 22.5 Å². The Morgan fingerprint density at radius 1 is 1.67 bits per heavy atom. The largest absolute Gasteiger partial charge is 0.480 e. The van der Waals surface area contributed by atoms with Gasteiger partial charge >= 0.3 is 5.97 Å². The molecule has 0 unspecified atom stereocenters. The van der Waals surface area contributed by atoms with Gasteiger partial charge in [-0.25, -0.2) is 0 Å². The van der Waals surface area contributed by atoms with Crippen molar-refractivity contribution in [2.24, 2.45) is 5.73 Å². The van der Waals surface area contributed by atoms with Crippen molar-refractivity contribution in [3.63, 3.8) is 0 Å². The van der Waals surface area contributed by atoms with Crippen LogP contribution in [0.25, 0.3) is 0 Å². The Hall–Kier alpha value is -0.330. The standard InChI is InChI=1S/C5H6ClF2NO2S/c6-3(7)4(8)12-1-2(9)5(10)11/h2H,1,9H2,(H,10,11)/b4-3+/t2-/m0/s1. The molecule has 0 rings (SSSR count). The van der Waals surface area contributed by atoms with E-state index >= 15 is 0 Å². The van der Waals surface area contributed by atoms with Gasteiger partial charge in [-0.15, -0.1) is 0 Å². The molecule has 0 aromatic carbocycles. The van der Waals surface area contributed by atoms with E-state index in [0.29, 0.717) is 11.8 Å². The van der Waals surface area contributed by atoms with Crippen molar-refractivity contribution >= 4 is 29.3 Å². The minimum atomic E-state index is -1.49. The normalized spacial score (nSPS) is 15.3. The molecule has 1 atom stereocenters. The third kappa shape index (κ3) is 4.53. The summed E-state index contributed by atoms with van der Waals surface area (Å²) >= 11 is 4.94. The van der Waals surface area contributed by atoms with E-state index in [1.54, 1.807) is 0 Å². The highest BCUT2D eigenvalue weighted by Gasteiger charge is 2.13. The molecule has 0 spiro atoms. The highest BCUT2D eigenvalue weighted by Crippen LogP contribution is 2.24. The Bertz CT molecular complexity index is 208. The molecule has 7 heteroatoms. The van der Waals surface area contributed by atoms with E-state index in [-0.39, 0.29) is 5.75 Å². The first-order valence-electron chi connectivity index (χ1n) is 2.77. The molecule has 0 heterocycles. The van der Waals surface area contributed by atoms with Crippen LogP contribution < -0.4 is 5.73 Å². The molecule has 70 valence electrons. The highest BCUT2D eigenvalue weighted by atomic mass is 35.5. The Balaban J connectivity index is 3.85. The first-order valence-corrected chi connectivity index (χ1v) is 4.13. The van der Waals surface area contributed by atoms with E-state index in [1.165, 1.54) is 0 Å². The molecular formula is C5H6ClF2NO2S. The third-order valence-corrected chi connectivity index (χ3v) is 2.09. The first-order chi connectivity index (χ1) is 5.45. The Morgan fingerprint density at radius 2 is 2.17 bits per heavy atom. The average molecular weight is 218 g/mol. The second-order valence-corrected chi connectivity index (χ2v) is 3.10. The number of halogens is 3. The molecule has 0 fully saturated rings. The van der Waals surface area contributed by atoms with E-state index in [0.717, 1.165) is 0 Å². The van der Waals surface area contributed by atoms with Crippen molar-refractivity contribution < 1.29 is 18.7 Å². The summed E-state index contributed by atoms with van der Waals surface area (Å²) in [4.78, 5) is 10.1. The summed E-state index contributed by atoms with van der Waals surface area (Å²) in [6.45, 7) is 0. The van der Waals surface area contributed by atoms with Crippen LogP contribution in [-0.2, 0) is 4.79 Å². The zero-order chi connectivity index (χ0) is 9.72. The fourth-order valence-corrected chi connectivity index (χ4v) is 1.03. The summed E-state index contributed by atoms with van der Waals surface area (Å²) in [6.07, 6.45) is 0. The molecular weight excluding hydrogens is 212 g/mol. The van der Waals surface area contributed by atoms with Gasteiger partial charge in [0, 0.05) is 5.75 Å². The van der Waals surface area contributed by atoms with Crippen molar-refractivity contribution in [2.75, 3.05) is 5.75 Å². The predicted octanol–water partition coefficient (Wildman–Crippen LogP) is 1.44. The molecule has 0 aliphatic rings. The van der Waals surface area contributed by atoms with E-state index in [2.05, 4.69) is 11.6 Å². The van der Waals surface area contributed by atoms with E-state index in [1.807, 2.05) is 0 Å². The van der Waals surface area contributed by atoms with Gasteiger partial charge in [0.25, 0.3) is 0 Å². The van der Waals surface area contributed by atoms with Gasteiger partial charge in [0.2, 0.25) is 10.4 Å². The molecule has 0 bridgehead atoms. The van der Waals surface area contributed by atoms with Gasteiger partial charge in [0.15, 0.2) is 0 Å². The number of thioether (sulfide) groups is 1. The summed E-state index contributed by atoms with van der Waals surface area (Å²) in [7, 11) is 0. The summed E-state index contributed by atoms with van der Waals surface area (Å²) in [5, 5.41) is 5.49. The second-order valence-electron chi connectivity index (χ2n) is 1.79. The number of carboxylic acid groups (broad SMARTS) is 1. The maximum absolute atomic E-state index is 12.2. The Kier molecular flexibility index (Phi) is 5.19. The van der Waals surface area contributed by atoms with E-state index in [4.69, 9.17) is 10.8 Å². The molecule has 3 N–H and O–H groups in total. The number of rotatable bonds is 4. The first kappa shape index (κ1) is 11.7. The molecule has 0 saturated carbocycles. The SMILES string of the molecule is N[C@@H](CS/C(F)=C(/F)Cl)C(=O)O. The van der Waals surface area contributed by atoms with Crippen LogP contribution in [0.4, 0.5) is 8.78 Å². The fraction of sp³-hybridized carbons (Fsp3) is 0.400. The zero-order valence-electron chi connectivity index (χ0n) is 5.76. The van der Waals surface area contributed by atoms with Crippen LogP contribution >= 0.6 is 23.4 Å². The number of aliphatic carboxylic acids is 1. The lowest BCUT2D eigenvalue weighted by atomic mass is 10.4. The molecule has 0 aromatic heterocycles. The van der Waals surface area contributed by atoms with Crippen molar-refractivity contribution in [1.29, 1.82) is 0 Å². The molecule has 0 amide bonds. The van der Waals surface area contributed by atoms with Crippen LogP contribution in [-0.4, -0.2) is 22.9 Å². The lowest BCUT2D eigenvalue weighted by Gasteiger charge is -2.02. The summed E-state index contributed by atoms with van der Waals surface area (Å²) in [6, 6.07) is -1.23. The number of hydrogen-bond acceptors (Lipinski definition) is 3. The Labute approximate surface area is 76.6 Å². The molecule has 12 heavy (non-hydrogen) atoms. The topological polar surface area (TPSA) is 63.3 Å². The number of hydrogen-bond donors (Lipinski definition) is 2. The third-order valence-electron chi connectivity index (χ3n) is 0.855. The van der Waals surface area contributed by atoms with Gasteiger partial charge in [-0.1, -0.05) is 11.8 Å². The fourth-order valence-electron chi connectivity index (χ4n) is 0.289. The summed E-state index contributed by atoms with van der Waals surface area (Å²) in [5.41, 5.74) is 4.99. The number of carbonyl (C=O) groups is 1. The van der Waals surface area contributed by atoms with Crippen molar-refractivity contribution in [3.8, 4) is 0 Å². The van der Waals surface area contributed by atoms with Crippen LogP contribution in [0.5, 0.6) is 0 Å². The van der Waals surface area contributed by atoms with Gasteiger partial charge in [0.05, 0.1) is 0 Å². The molecule has 0 aliphatic heterocycles. The van der Waals surface area contributed by atoms with Crippen molar-refractivity contribution in [2.45, 2.75) is 6.04 Å². The predicted molar refractivity (Wildman–Crippen MR) is 43.2 cm³/mol. The van der Waals surface area contributed by atoms with Crippen LogP contribution in [0, 0.1) is 0 Å². The number of nitrogens with two attached hydrogens (primary N) is 1. The van der Waals surface area contributed by atoms with E-state index in [9.17, 15) is 13.6 Å². The highest BCUT2D eigenvalue weighted by molar-refractivity contribution is 8.02. The molecule has 0 aliphatic carbocycles. The maximum Gasteiger partial charge on any atom is 0.321 e. The van der Waals surface area contributed by atoms with Crippen LogP contribution in [0.3, 0.4) is 0 Å². The van der Waals surface area contributed by atoms with Crippen molar-refractivity contribution in [1.82, 2.24) is 0 Å².